The fourth-order valence-electron chi connectivity index (χ4n) is 4.08. The average molecular weight is 473 g/mol. The summed E-state index contributed by atoms with van der Waals surface area (Å²) in [4.78, 5) is 27.9. The first-order valence-corrected chi connectivity index (χ1v) is 12.9. The molecule has 0 spiro atoms. The standard InChI is InChI=1S/C26H33ClN2O2S/c1-19-7-6-8-22(15-19)17-32-18-25(30)29(16-21-11-13-23(27)14-12-21)20(2)26(31)28-24-9-4-3-5-10-24/h6-8,11-15,20,24H,3-5,9-10,16-18H2,1-2H3,(H,28,31). The molecule has 1 fully saturated rings. The first-order valence-electron chi connectivity index (χ1n) is 11.4. The van der Waals surface area contributed by atoms with Crippen LogP contribution in [0.5, 0.6) is 0 Å². The molecule has 2 aromatic rings. The minimum atomic E-state index is -0.528. The minimum Gasteiger partial charge on any atom is -0.352 e. The maximum Gasteiger partial charge on any atom is 0.242 e. The smallest absolute Gasteiger partial charge is 0.242 e. The van der Waals surface area contributed by atoms with Gasteiger partial charge >= 0.3 is 0 Å². The van der Waals surface area contributed by atoms with Crippen LogP contribution in [-0.4, -0.2) is 34.6 Å². The van der Waals surface area contributed by atoms with Crippen LogP contribution >= 0.6 is 23.4 Å². The number of hydrogen-bond donors (Lipinski definition) is 1. The van der Waals surface area contributed by atoms with E-state index in [0.717, 1.165) is 37.0 Å². The van der Waals surface area contributed by atoms with E-state index in [2.05, 4.69) is 30.4 Å². The molecule has 1 atom stereocenters. The molecule has 3 rings (SSSR count). The maximum atomic E-state index is 13.2. The van der Waals surface area contributed by atoms with Crippen LogP contribution in [-0.2, 0) is 21.9 Å². The van der Waals surface area contributed by atoms with Crippen molar-refractivity contribution in [1.29, 1.82) is 0 Å². The van der Waals surface area contributed by atoms with E-state index < -0.39 is 6.04 Å². The van der Waals surface area contributed by atoms with Crippen molar-refractivity contribution in [3.05, 3.63) is 70.2 Å². The highest BCUT2D eigenvalue weighted by molar-refractivity contribution is 7.99. The molecule has 0 bridgehead atoms. The molecule has 1 aliphatic carbocycles. The summed E-state index contributed by atoms with van der Waals surface area (Å²) in [5.41, 5.74) is 3.38. The molecule has 2 aromatic carbocycles. The molecular weight excluding hydrogens is 440 g/mol. The molecule has 0 aliphatic heterocycles. The van der Waals surface area contributed by atoms with Crippen molar-refractivity contribution in [2.45, 2.75) is 70.3 Å². The summed E-state index contributed by atoms with van der Waals surface area (Å²) < 4.78 is 0. The molecule has 0 radical (unpaired) electrons. The summed E-state index contributed by atoms with van der Waals surface area (Å²) in [6, 6.07) is 15.5. The molecule has 0 aromatic heterocycles. The number of benzene rings is 2. The Morgan fingerprint density at radius 2 is 1.81 bits per heavy atom. The molecule has 172 valence electrons. The summed E-state index contributed by atoms with van der Waals surface area (Å²) in [6.07, 6.45) is 5.60. The van der Waals surface area contributed by atoms with Gasteiger partial charge in [-0.05, 0) is 49.9 Å². The van der Waals surface area contributed by atoms with Gasteiger partial charge in [-0.2, -0.15) is 0 Å². The SMILES string of the molecule is Cc1cccc(CSCC(=O)N(Cc2ccc(Cl)cc2)C(C)C(=O)NC2CCCCC2)c1. The summed E-state index contributed by atoms with van der Waals surface area (Å²) in [6.45, 7) is 4.29. The lowest BCUT2D eigenvalue weighted by atomic mass is 9.95. The van der Waals surface area contributed by atoms with Gasteiger partial charge in [0, 0.05) is 23.4 Å². The van der Waals surface area contributed by atoms with Gasteiger partial charge in [-0.25, -0.2) is 0 Å². The number of thioether (sulfide) groups is 1. The molecular formula is C26H33ClN2O2S. The highest BCUT2D eigenvalue weighted by Crippen LogP contribution is 2.20. The third kappa shape index (κ3) is 7.56. The molecule has 4 nitrogen and oxygen atoms in total. The van der Waals surface area contributed by atoms with Crippen LogP contribution in [0.4, 0.5) is 0 Å². The van der Waals surface area contributed by atoms with Crippen LogP contribution in [0.1, 0.15) is 55.7 Å². The number of nitrogens with zero attached hydrogens (tertiary/aromatic N) is 1. The molecule has 0 saturated heterocycles. The zero-order chi connectivity index (χ0) is 22.9. The normalized spacial score (nSPS) is 15.2. The maximum absolute atomic E-state index is 13.2. The van der Waals surface area contributed by atoms with Crippen LogP contribution in [0.3, 0.4) is 0 Å². The fraction of sp³-hybridized carbons (Fsp3) is 0.462. The van der Waals surface area contributed by atoms with Crippen LogP contribution in [0.25, 0.3) is 0 Å². The van der Waals surface area contributed by atoms with Crippen molar-refractivity contribution in [1.82, 2.24) is 10.2 Å². The Morgan fingerprint density at radius 1 is 1.09 bits per heavy atom. The predicted molar refractivity (Wildman–Crippen MR) is 134 cm³/mol. The summed E-state index contributed by atoms with van der Waals surface area (Å²) in [5, 5.41) is 3.83. The van der Waals surface area contributed by atoms with Gasteiger partial charge in [0.25, 0.3) is 0 Å². The van der Waals surface area contributed by atoms with Crippen LogP contribution in [0.2, 0.25) is 5.02 Å². The number of amides is 2. The van der Waals surface area contributed by atoms with Gasteiger partial charge in [0.15, 0.2) is 0 Å². The van der Waals surface area contributed by atoms with Gasteiger partial charge in [-0.1, -0.05) is 72.8 Å². The Hall–Kier alpha value is -1.98. The van der Waals surface area contributed by atoms with Gasteiger partial charge < -0.3 is 10.2 Å². The van der Waals surface area contributed by atoms with Crippen molar-refractivity contribution >= 4 is 35.2 Å². The second-order valence-corrected chi connectivity index (χ2v) is 10.1. The Morgan fingerprint density at radius 3 is 2.50 bits per heavy atom. The lowest BCUT2D eigenvalue weighted by Crippen LogP contribution is -2.50. The van der Waals surface area contributed by atoms with Gasteiger partial charge in [0.1, 0.15) is 6.04 Å². The molecule has 1 N–H and O–H groups in total. The Kier molecular flexibility index (Phi) is 9.49. The van der Waals surface area contributed by atoms with E-state index in [1.807, 2.05) is 37.3 Å². The first-order chi connectivity index (χ1) is 15.4. The quantitative estimate of drug-likeness (QED) is 0.505. The monoisotopic (exact) mass is 472 g/mol. The van der Waals surface area contributed by atoms with Gasteiger partial charge in [0.05, 0.1) is 5.75 Å². The molecule has 1 unspecified atom stereocenters. The molecule has 1 saturated carbocycles. The molecule has 32 heavy (non-hydrogen) atoms. The summed E-state index contributed by atoms with van der Waals surface area (Å²) in [7, 11) is 0. The van der Waals surface area contributed by atoms with Crippen LogP contribution in [0.15, 0.2) is 48.5 Å². The number of aryl methyl sites for hydroxylation is 1. The number of carbonyl (C=O) groups is 2. The number of nitrogens with one attached hydrogen (secondary N) is 1. The van der Waals surface area contributed by atoms with Crippen molar-refractivity contribution < 1.29 is 9.59 Å². The van der Waals surface area contributed by atoms with Crippen LogP contribution < -0.4 is 5.32 Å². The van der Waals surface area contributed by atoms with Crippen molar-refractivity contribution in [3.8, 4) is 0 Å². The molecule has 0 heterocycles. The fourth-order valence-corrected chi connectivity index (χ4v) is 5.06. The largest absolute Gasteiger partial charge is 0.352 e. The second kappa shape index (κ2) is 12.3. The number of hydrogen-bond acceptors (Lipinski definition) is 3. The van der Waals surface area contributed by atoms with Crippen molar-refractivity contribution in [2.75, 3.05) is 5.75 Å². The zero-order valence-corrected chi connectivity index (χ0v) is 20.6. The van der Waals surface area contributed by atoms with Gasteiger partial charge in [-0.3, -0.25) is 9.59 Å². The predicted octanol–water partition coefficient (Wildman–Crippen LogP) is 5.75. The third-order valence-electron chi connectivity index (χ3n) is 5.96. The van der Waals surface area contributed by atoms with E-state index in [-0.39, 0.29) is 17.9 Å². The van der Waals surface area contributed by atoms with Crippen LogP contribution in [0, 0.1) is 6.92 Å². The lowest BCUT2D eigenvalue weighted by Gasteiger charge is -2.31. The minimum absolute atomic E-state index is 0.0242. The van der Waals surface area contributed by atoms with E-state index in [4.69, 9.17) is 11.6 Å². The van der Waals surface area contributed by atoms with E-state index >= 15 is 0 Å². The summed E-state index contributed by atoms with van der Waals surface area (Å²) in [5.74, 6) is 1.01. The van der Waals surface area contributed by atoms with Gasteiger partial charge in [0.2, 0.25) is 11.8 Å². The van der Waals surface area contributed by atoms with Gasteiger partial charge in [-0.15, -0.1) is 11.8 Å². The van der Waals surface area contributed by atoms with E-state index in [0.29, 0.717) is 17.3 Å². The molecule has 6 heteroatoms. The lowest BCUT2D eigenvalue weighted by molar-refractivity contribution is -0.139. The number of halogens is 1. The summed E-state index contributed by atoms with van der Waals surface area (Å²) >= 11 is 7.61. The topological polar surface area (TPSA) is 49.4 Å². The van der Waals surface area contributed by atoms with Crippen molar-refractivity contribution in [2.24, 2.45) is 0 Å². The highest BCUT2D eigenvalue weighted by Gasteiger charge is 2.28. The number of carbonyl (C=O) groups excluding carboxylic acids is 2. The third-order valence-corrected chi connectivity index (χ3v) is 7.20. The first kappa shape index (κ1) is 24.7. The molecule has 2 amide bonds. The average Bonchev–Trinajstić information content (AvgIpc) is 2.79. The Balaban J connectivity index is 1.64. The highest BCUT2D eigenvalue weighted by atomic mass is 35.5. The Labute approximate surface area is 201 Å². The number of rotatable bonds is 9. The zero-order valence-electron chi connectivity index (χ0n) is 19.0. The molecule has 1 aliphatic rings. The van der Waals surface area contributed by atoms with E-state index in [9.17, 15) is 9.59 Å². The van der Waals surface area contributed by atoms with E-state index in [1.165, 1.54) is 17.5 Å². The van der Waals surface area contributed by atoms with Crippen molar-refractivity contribution in [3.63, 3.8) is 0 Å². The Bertz CT molecular complexity index is 897. The second-order valence-electron chi connectivity index (χ2n) is 8.65. The van der Waals surface area contributed by atoms with E-state index in [1.54, 1.807) is 16.7 Å².